The largest absolute Gasteiger partial charge is 0.493 e. The van der Waals surface area contributed by atoms with E-state index < -0.39 is 25.2 Å². The summed E-state index contributed by atoms with van der Waals surface area (Å²) < 4.78 is 46.2. The fourth-order valence-electron chi connectivity index (χ4n) is 2.86. The SMILES string of the molecule is COc1ccc(S(=O)(=O)C(C)(C)c2cc(OC)c(OC)c(OC)c2)cc1[N+](=O)[O-]. The second-order valence-corrected chi connectivity index (χ2v) is 9.02. The first-order valence-corrected chi connectivity index (χ1v) is 9.91. The molecule has 2 aromatic rings. The molecule has 0 heterocycles. The molecule has 0 N–H and O–H groups in total. The molecule has 0 unspecified atom stereocenters. The zero-order chi connectivity index (χ0) is 22.0. The second-order valence-electron chi connectivity index (χ2n) is 6.52. The van der Waals surface area contributed by atoms with E-state index in [0.717, 1.165) is 6.07 Å². The molecule has 158 valence electrons. The summed E-state index contributed by atoms with van der Waals surface area (Å²) in [5.74, 6) is 0.892. The summed E-state index contributed by atoms with van der Waals surface area (Å²) in [5.41, 5.74) is -0.0697. The van der Waals surface area contributed by atoms with Crippen molar-refractivity contribution in [3.05, 3.63) is 46.0 Å². The van der Waals surface area contributed by atoms with Gasteiger partial charge in [-0.1, -0.05) is 0 Å². The van der Waals surface area contributed by atoms with Gasteiger partial charge in [-0.05, 0) is 43.7 Å². The quantitative estimate of drug-likeness (QED) is 0.467. The summed E-state index contributed by atoms with van der Waals surface area (Å²) in [4.78, 5) is 10.4. The van der Waals surface area contributed by atoms with Gasteiger partial charge in [-0.15, -0.1) is 0 Å². The zero-order valence-electron chi connectivity index (χ0n) is 17.0. The first-order valence-electron chi connectivity index (χ1n) is 8.42. The van der Waals surface area contributed by atoms with Crippen molar-refractivity contribution in [2.24, 2.45) is 0 Å². The number of benzene rings is 2. The molecule has 0 saturated heterocycles. The highest BCUT2D eigenvalue weighted by Gasteiger charge is 2.40. The van der Waals surface area contributed by atoms with Crippen LogP contribution in [0.2, 0.25) is 0 Å². The maximum absolute atomic E-state index is 13.4. The van der Waals surface area contributed by atoms with Gasteiger partial charge in [0.2, 0.25) is 5.75 Å². The van der Waals surface area contributed by atoms with Gasteiger partial charge < -0.3 is 18.9 Å². The van der Waals surface area contributed by atoms with Crippen LogP contribution in [0.1, 0.15) is 19.4 Å². The number of hydrogen-bond donors (Lipinski definition) is 0. The van der Waals surface area contributed by atoms with Gasteiger partial charge in [0, 0.05) is 6.07 Å². The van der Waals surface area contributed by atoms with E-state index in [4.69, 9.17) is 18.9 Å². The summed E-state index contributed by atoms with van der Waals surface area (Å²) in [6, 6.07) is 6.61. The molecule has 0 amide bonds. The van der Waals surface area contributed by atoms with Crippen molar-refractivity contribution in [3.8, 4) is 23.0 Å². The Morgan fingerprint density at radius 2 is 1.38 bits per heavy atom. The third kappa shape index (κ3) is 3.80. The second kappa shape index (κ2) is 8.16. The van der Waals surface area contributed by atoms with Crippen LogP contribution < -0.4 is 18.9 Å². The Kier molecular flexibility index (Phi) is 6.27. The molecule has 0 aliphatic carbocycles. The lowest BCUT2D eigenvalue weighted by Crippen LogP contribution is -2.29. The predicted molar refractivity (Wildman–Crippen MR) is 106 cm³/mol. The van der Waals surface area contributed by atoms with Gasteiger partial charge >= 0.3 is 5.69 Å². The van der Waals surface area contributed by atoms with E-state index in [1.54, 1.807) is 0 Å². The Hall–Kier alpha value is -3.01. The average Bonchev–Trinajstić information content (AvgIpc) is 2.71. The Balaban J connectivity index is 2.69. The van der Waals surface area contributed by atoms with Gasteiger partial charge in [0.25, 0.3) is 0 Å². The summed E-state index contributed by atoms with van der Waals surface area (Å²) in [5, 5.41) is 11.3. The van der Waals surface area contributed by atoms with Gasteiger partial charge in [-0.3, -0.25) is 10.1 Å². The maximum atomic E-state index is 13.4. The maximum Gasteiger partial charge on any atom is 0.312 e. The Morgan fingerprint density at radius 1 is 0.862 bits per heavy atom. The Morgan fingerprint density at radius 3 is 1.79 bits per heavy atom. The molecule has 2 rings (SSSR count). The van der Waals surface area contributed by atoms with E-state index >= 15 is 0 Å². The molecule has 0 radical (unpaired) electrons. The lowest BCUT2D eigenvalue weighted by Gasteiger charge is -2.27. The molecular weight excluding hydrogens is 402 g/mol. The van der Waals surface area contributed by atoms with Crippen molar-refractivity contribution >= 4 is 15.5 Å². The van der Waals surface area contributed by atoms with Gasteiger partial charge in [-0.2, -0.15) is 0 Å². The van der Waals surface area contributed by atoms with Crippen LogP contribution >= 0.6 is 0 Å². The van der Waals surface area contributed by atoms with Crippen molar-refractivity contribution in [2.45, 2.75) is 23.5 Å². The summed E-state index contributed by atoms with van der Waals surface area (Å²) in [6.45, 7) is 3.00. The smallest absolute Gasteiger partial charge is 0.312 e. The number of hydrogen-bond acceptors (Lipinski definition) is 8. The molecule has 0 aromatic heterocycles. The average molecular weight is 425 g/mol. The summed E-state index contributed by atoms with van der Waals surface area (Å²) in [6.07, 6.45) is 0. The molecule has 0 bridgehead atoms. The zero-order valence-corrected chi connectivity index (χ0v) is 17.8. The number of ether oxygens (including phenoxy) is 4. The van der Waals surface area contributed by atoms with Crippen molar-refractivity contribution in [3.63, 3.8) is 0 Å². The summed E-state index contributed by atoms with van der Waals surface area (Å²) >= 11 is 0. The number of nitrogens with zero attached hydrogens (tertiary/aromatic N) is 1. The van der Waals surface area contributed by atoms with Gasteiger partial charge in [-0.25, -0.2) is 8.42 Å². The molecule has 0 aliphatic rings. The van der Waals surface area contributed by atoms with E-state index in [9.17, 15) is 18.5 Å². The normalized spacial score (nSPS) is 11.7. The van der Waals surface area contributed by atoms with E-state index in [0.29, 0.717) is 22.8 Å². The molecule has 10 heteroatoms. The fraction of sp³-hybridized carbons (Fsp3) is 0.368. The van der Waals surface area contributed by atoms with Crippen LogP contribution in [0.3, 0.4) is 0 Å². The van der Waals surface area contributed by atoms with Crippen LogP contribution in [0, 0.1) is 10.1 Å². The van der Waals surface area contributed by atoms with Crippen molar-refractivity contribution in [1.29, 1.82) is 0 Å². The number of nitro benzene ring substituents is 1. The number of rotatable bonds is 8. The molecule has 9 nitrogen and oxygen atoms in total. The third-order valence-electron chi connectivity index (χ3n) is 4.69. The topological polar surface area (TPSA) is 114 Å². The minimum absolute atomic E-state index is 0.0282. The van der Waals surface area contributed by atoms with Crippen LogP contribution in [0.5, 0.6) is 23.0 Å². The fourth-order valence-corrected chi connectivity index (χ4v) is 4.39. The third-order valence-corrected chi connectivity index (χ3v) is 7.14. The Bertz CT molecular complexity index is 1010. The molecule has 0 aliphatic heterocycles. The van der Waals surface area contributed by atoms with Crippen molar-refractivity contribution in [1.82, 2.24) is 0 Å². The molecule has 29 heavy (non-hydrogen) atoms. The minimum atomic E-state index is -4.05. The lowest BCUT2D eigenvalue weighted by molar-refractivity contribution is -0.386. The van der Waals surface area contributed by atoms with Crippen molar-refractivity contribution < 1.29 is 32.3 Å². The minimum Gasteiger partial charge on any atom is -0.493 e. The highest BCUT2D eigenvalue weighted by molar-refractivity contribution is 7.92. The number of methoxy groups -OCH3 is 4. The molecule has 0 saturated carbocycles. The van der Waals surface area contributed by atoms with Crippen molar-refractivity contribution in [2.75, 3.05) is 28.4 Å². The van der Waals surface area contributed by atoms with Crippen LogP contribution in [0.15, 0.2) is 35.2 Å². The molecular formula is C19H23NO8S. The number of nitro groups is 1. The lowest BCUT2D eigenvalue weighted by atomic mass is 10.0. The van der Waals surface area contributed by atoms with Crippen LogP contribution in [-0.2, 0) is 14.6 Å². The van der Waals surface area contributed by atoms with Gasteiger partial charge in [0.05, 0.1) is 43.0 Å². The predicted octanol–water partition coefficient (Wildman–Crippen LogP) is 3.34. The van der Waals surface area contributed by atoms with Crippen LogP contribution in [-0.4, -0.2) is 41.8 Å². The molecule has 0 spiro atoms. The van der Waals surface area contributed by atoms with E-state index in [2.05, 4.69) is 0 Å². The summed E-state index contributed by atoms with van der Waals surface area (Å²) in [7, 11) is 1.52. The first-order chi connectivity index (χ1) is 13.5. The Labute approximate surface area is 169 Å². The van der Waals surface area contributed by atoms with Gasteiger partial charge in [0.15, 0.2) is 27.1 Å². The molecule has 2 aromatic carbocycles. The first kappa shape index (κ1) is 22.3. The van der Waals surface area contributed by atoms with Gasteiger partial charge in [0.1, 0.15) is 0 Å². The highest BCUT2D eigenvalue weighted by atomic mass is 32.2. The van der Waals surface area contributed by atoms with E-state index in [-0.39, 0.29) is 10.6 Å². The monoisotopic (exact) mass is 425 g/mol. The van der Waals surface area contributed by atoms with E-state index in [1.165, 1.54) is 66.6 Å². The standard InChI is InChI=1S/C19H23NO8S/c1-19(2,12-9-16(26-4)18(28-6)17(10-12)27-5)29(23,24)13-7-8-15(25-3)14(11-13)20(21)22/h7-11H,1-6H3. The highest BCUT2D eigenvalue weighted by Crippen LogP contribution is 2.45. The molecule has 0 fully saturated rings. The van der Waals surface area contributed by atoms with Crippen LogP contribution in [0.4, 0.5) is 5.69 Å². The molecule has 0 atom stereocenters. The van der Waals surface area contributed by atoms with E-state index in [1.807, 2.05) is 0 Å². The van der Waals surface area contributed by atoms with Crippen LogP contribution in [0.25, 0.3) is 0 Å². The number of sulfone groups is 1.